The quantitative estimate of drug-likeness (QED) is 0.807. The van der Waals surface area contributed by atoms with Crippen molar-refractivity contribution in [3.05, 3.63) is 4.77 Å². The standard InChI is InChI=1S/C11H20N4S/c1-4-15-9(12-13-10(15)16)14-7-5-11(2,3)6-8-14/h4-8H2,1-3H3,(H,13,16). The first-order valence-corrected chi connectivity index (χ1v) is 6.34. The van der Waals surface area contributed by atoms with Crippen LogP contribution in [0.15, 0.2) is 0 Å². The molecule has 4 nitrogen and oxygen atoms in total. The zero-order valence-corrected chi connectivity index (χ0v) is 11.1. The third-order valence-electron chi connectivity index (χ3n) is 3.45. The fourth-order valence-corrected chi connectivity index (χ4v) is 2.40. The molecule has 0 aromatic carbocycles. The van der Waals surface area contributed by atoms with Crippen LogP contribution in [0.3, 0.4) is 0 Å². The number of H-pyrrole nitrogens is 1. The van der Waals surface area contributed by atoms with Crippen LogP contribution >= 0.6 is 12.2 Å². The van der Waals surface area contributed by atoms with Gasteiger partial charge in [0.1, 0.15) is 0 Å². The van der Waals surface area contributed by atoms with Crippen LogP contribution < -0.4 is 4.90 Å². The highest BCUT2D eigenvalue weighted by Gasteiger charge is 2.27. The third kappa shape index (κ3) is 2.14. The van der Waals surface area contributed by atoms with Crippen molar-refractivity contribution in [3.8, 4) is 0 Å². The minimum absolute atomic E-state index is 0.473. The van der Waals surface area contributed by atoms with E-state index in [1.165, 1.54) is 12.8 Å². The SMILES string of the molecule is CCn1c(N2CCC(C)(C)CC2)n[nH]c1=S. The molecule has 0 spiro atoms. The lowest BCUT2D eigenvalue weighted by atomic mass is 9.83. The predicted molar refractivity (Wildman–Crippen MR) is 68.3 cm³/mol. The zero-order valence-electron chi connectivity index (χ0n) is 10.3. The van der Waals surface area contributed by atoms with Gasteiger partial charge in [-0.05, 0) is 37.4 Å². The molecule has 0 aliphatic carbocycles. The summed E-state index contributed by atoms with van der Waals surface area (Å²) in [6.07, 6.45) is 2.44. The highest BCUT2D eigenvalue weighted by molar-refractivity contribution is 7.71. The predicted octanol–water partition coefficient (Wildman–Crippen LogP) is 2.59. The van der Waals surface area contributed by atoms with Gasteiger partial charge in [0.2, 0.25) is 5.95 Å². The van der Waals surface area contributed by atoms with E-state index in [1.807, 2.05) is 0 Å². The number of rotatable bonds is 2. The van der Waals surface area contributed by atoms with Crippen LogP contribution in [0.5, 0.6) is 0 Å². The minimum atomic E-state index is 0.473. The van der Waals surface area contributed by atoms with Gasteiger partial charge in [-0.15, -0.1) is 5.10 Å². The Morgan fingerprint density at radius 2 is 2.00 bits per heavy atom. The Hall–Kier alpha value is -0.840. The van der Waals surface area contributed by atoms with Gasteiger partial charge in [0.25, 0.3) is 0 Å². The number of nitrogens with one attached hydrogen (secondary N) is 1. The summed E-state index contributed by atoms with van der Waals surface area (Å²) in [6, 6.07) is 0. The number of piperidine rings is 1. The molecule has 1 aliphatic heterocycles. The van der Waals surface area contributed by atoms with E-state index in [0.717, 1.165) is 30.4 Å². The van der Waals surface area contributed by atoms with Crippen LogP contribution in [0.4, 0.5) is 5.95 Å². The van der Waals surface area contributed by atoms with Gasteiger partial charge in [-0.3, -0.25) is 4.57 Å². The summed E-state index contributed by atoms with van der Waals surface area (Å²) < 4.78 is 2.79. The van der Waals surface area contributed by atoms with Gasteiger partial charge in [-0.1, -0.05) is 13.8 Å². The number of hydrogen-bond donors (Lipinski definition) is 1. The molecule has 1 aliphatic rings. The molecule has 1 aromatic rings. The fourth-order valence-electron chi connectivity index (χ4n) is 2.15. The van der Waals surface area contributed by atoms with Crippen molar-refractivity contribution in [2.75, 3.05) is 18.0 Å². The Balaban J connectivity index is 2.17. The fraction of sp³-hybridized carbons (Fsp3) is 0.818. The molecule has 0 saturated carbocycles. The molecule has 90 valence electrons. The second-order valence-corrected chi connectivity index (χ2v) is 5.61. The number of nitrogens with zero attached hydrogens (tertiary/aromatic N) is 3. The summed E-state index contributed by atoms with van der Waals surface area (Å²) in [5, 5.41) is 7.21. The number of aromatic amines is 1. The molecule has 2 rings (SSSR count). The lowest BCUT2D eigenvalue weighted by Gasteiger charge is -2.37. The van der Waals surface area contributed by atoms with Crippen molar-refractivity contribution in [2.45, 2.75) is 40.2 Å². The van der Waals surface area contributed by atoms with E-state index in [0.29, 0.717) is 5.41 Å². The average Bonchev–Trinajstić information content (AvgIpc) is 2.59. The van der Waals surface area contributed by atoms with Gasteiger partial charge in [-0.2, -0.15) is 0 Å². The highest BCUT2D eigenvalue weighted by Crippen LogP contribution is 2.31. The van der Waals surface area contributed by atoms with E-state index in [4.69, 9.17) is 12.2 Å². The molecule has 0 radical (unpaired) electrons. The topological polar surface area (TPSA) is 36.9 Å². The molecule has 1 aromatic heterocycles. The maximum atomic E-state index is 5.20. The molecule has 1 N–H and O–H groups in total. The summed E-state index contributed by atoms with van der Waals surface area (Å²) in [7, 11) is 0. The normalized spacial score (nSPS) is 20.1. The third-order valence-corrected chi connectivity index (χ3v) is 3.77. The zero-order chi connectivity index (χ0) is 11.8. The molecular formula is C11H20N4S. The van der Waals surface area contributed by atoms with E-state index in [2.05, 4.69) is 40.4 Å². The molecular weight excluding hydrogens is 220 g/mol. The Bertz CT molecular complexity index is 408. The van der Waals surface area contributed by atoms with Gasteiger partial charge >= 0.3 is 0 Å². The van der Waals surface area contributed by atoms with Crippen molar-refractivity contribution in [3.63, 3.8) is 0 Å². The monoisotopic (exact) mass is 240 g/mol. The van der Waals surface area contributed by atoms with Crippen molar-refractivity contribution in [1.82, 2.24) is 14.8 Å². The molecule has 5 heteroatoms. The first kappa shape index (κ1) is 11.6. The largest absolute Gasteiger partial charge is 0.341 e. The van der Waals surface area contributed by atoms with Gasteiger partial charge in [-0.25, -0.2) is 5.10 Å². The van der Waals surface area contributed by atoms with Crippen LogP contribution in [-0.4, -0.2) is 27.9 Å². The van der Waals surface area contributed by atoms with Gasteiger partial charge < -0.3 is 4.90 Å². The Morgan fingerprint density at radius 1 is 1.38 bits per heavy atom. The van der Waals surface area contributed by atoms with E-state index >= 15 is 0 Å². The van der Waals surface area contributed by atoms with E-state index < -0.39 is 0 Å². The van der Waals surface area contributed by atoms with Crippen LogP contribution in [-0.2, 0) is 6.54 Å². The summed E-state index contributed by atoms with van der Waals surface area (Å²) in [5.41, 5.74) is 0.473. The lowest BCUT2D eigenvalue weighted by Crippen LogP contribution is -2.38. The first-order valence-electron chi connectivity index (χ1n) is 5.94. The number of hydrogen-bond acceptors (Lipinski definition) is 3. The summed E-state index contributed by atoms with van der Waals surface area (Å²) in [4.78, 5) is 2.33. The van der Waals surface area contributed by atoms with Gasteiger partial charge in [0.05, 0.1) is 0 Å². The molecule has 0 unspecified atom stereocenters. The Kier molecular flexibility index (Phi) is 3.06. The van der Waals surface area contributed by atoms with Crippen molar-refractivity contribution in [1.29, 1.82) is 0 Å². The van der Waals surface area contributed by atoms with Crippen LogP contribution in [0, 0.1) is 10.2 Å². The Labute approximate surface area is 102 Å². The van der Waals surface area contributed by atoms with Crippen molar-refractivity contribution < 1.29 is 0 Å². The van der Waals surface area contributed by atoms with Crippen LogP contribution in [0.1, 0.15) is 33.6 Å². The highest BCUT2D eigenvalue weighted by atomic mass is 32.1. The summed E-state index contributed by atoms with van der Waals surface area (Å²) in [6.45, 7) is 9.80. The Morgan fingerprint density at radius 3 is 2.56 bits per heavy atom. The van der Waals surface area contributed by atoms with Crippen LogP contribution in [0.2, 0.25) is 0 Å². The van der Waals surface area contributed by atoms with Gasteiger partial charge in [0, 0.05) is 19.6 Å². The molecule has 2 heterocycles. The van der Waals surface area contributed by atoms with E-state index in [1.54, 1.807) is 0 Å². The van der Waals surface area contributed by atoms with Gasteiger partial charge in [0.15, 0.2) is 4.77 Å². The molecule has 0 bridgehead atoms. The number of anilines is 1. The average molecular weight is 240 g/mol. The molecule has 0 amide bonds. The van der Waals surface area contributed by atoms with E-state index in [-0.39, 0.29) is 0 Å². The van der Waals surface area contributed by atoms with Crippen LogP contribution in [0.25, 0.3) is 0 Å². The maximum absolute atomic E-state index is 5.20. The molecule has 1 fully saturated rings. The molecule has 0 atom stereocenters. The van der Waals surface area contributed by atoms with E-state index in [9.17, 15) is 0 Å². The molecule has 1 saturated heterocycles. The molecule has 16 heavy (non-hydrogen) atoms. The maximum Gasteiger partial charge on any atom is 0.225 e. The summed E-state index contributed by atoms with van der Waals surface area (Å²) in [5.74, 6) is 1.00. The second kappa shape index (κ2) is 4.20. The number of aromatic nitrogens is 3. The minimum Gasteiger partial charge on any atom is -0.341 e. The first-order chi connectivity index (χ1) is 7.53. The van der Waals surface area contributed by atoms with Crippen molar-refractivity contribution in [2.24, 2.45) is 5.41 Å². The smallest absolute Gasteiger partial charge is 0.225 e. The second-order valence-electron chi connectivity index (χ2n) is 5.22. The summed E-state index contributed by atoms with van der Waals surface area (Å²) >= 11 is 5.20. The lowest BCUT2D eigenvalue weighted by molar-refractivity contribution is 0.277. The van der Waals surface area contributed by atoms with Crippen molar-refractivity contribution >= 4 is 18.2 Å².